The molecule has 0 radical (unpaired) electrons. The molecule has 2 N–H and O–H groups in total. The molecule has 1 atom stereocenters. The van der Waals surface area contributed by atoms with Crippen LogP contribution in [0.15, 0.2) is 60.7 Å². The van der Waals surface area contributed by atoms with Gasteiger partial charge in [0.2, 0.25) is 0 Å². The summed E-state index contributed by atoms with van der Waals surface area (Å²) in [4.78, 5) is 15.4. The van der Waals surface area contributed by atoms with Crippen LogP contribution in [-0.4, -0.2) is 35.0 Å². The van der Waals surface area contributed by atoms with Crippen molar-refractivity contribution in [2.45, 2.75) is 44.9 Å². The second-order valence-corrected chi connectivity index (χ2v) is 7.80. The normalized spacial score (nSPS) is 18.2. The van der Waals surface area contributed by atoms with Crippen LogP contribution in [-0.2, 0) is 16.9 Å². The Morgan fingerprint density at radius 2 is 1.63 bits per heavy atom. The van der Waals surface area contributed by atoms with Gasteiger partial charge in [-0.2, -0.15) is 0 Å². The summed E-state index contributed by atoms with van der Waals surface area (Å²) in [7, 11) is 0. The lowest BCUT2D eigenvalue weighted by Gasteiger charge is -2.36. The van der Waals surface area contributed by atoms with Gasteiger partial charge in [0.25, 0.3) is 5.91 Å². The number of piperidine rings is 1. The lowest BCUT2D eigenvalue weighted by molar-refractivity contribution is -0.147. The van der Waals surface area contributed by atoms with E-state index in [4.69, 9.17) is 0 Å². The molecule has 0 bridgehead atoms. The van der Waals surface area contributed by atoms with Crippen LogP contribution in [0.4, 0.5) is 0 Å². The summed E-state index contributed by atoms with van der Waals surface area (Å²) >= 11 is 0. The number of amides is 1. The number of hydrogen-bond acceptors (Lipinski definition) is 3. The predicted octanol–water partition coefficient (Wildman–Crippen LogP) is 3.31. The van der Waals surface area contributed by atoms with Crippen molar-refractivity contribution >= 4 is 5.91 Å². The Morgan fingerprint density at radius 3 is 2.19 bits per heavy atom. The van der Waals surface area contributed by atoms with Crippen molar-refractivity contribution in [3.8, 4) is 0 Å². The predicted molar refractivity (Wildman–Crippen MR) is 108 cm³/mol. The van der Waals surface area contributed by atoms with Crippen molar-refractivity contribution < 1.29 is 9.90 Å². The monoisotopic (exact) mass is 366 g/mol. The highest BCUT2D eigenvalue weighted by molar-refractivity contribution is 5.86. The summed E-state index contributed by atoms with van der Waals surface area (Å²) in [6.45, 7) is 6.61. The number of rotatable bonds is 6. The van der Waals surface area contributed by atoms with Crippen LogP contribution in [0.25, 0.3) is 0 Å². The van der Waals surface area contributed by atoms with E-state index in [-0.39, 0.29) is 17.9 Å². The molecule has 1 unspecified atom stereocenters. The zero-order valence-corrected chi connectivity index (χ0v) is 16.3. The van der Waals surface area contributed by atoms with Gasteiger partial charge in [-0.15, -0.1) is 0 Å². The van der Waals surface area contributed by atoms with Gasteiger partial charge in [0.05, 0.1) is 0 Å². The molecule has 1 fully saturated rings. The number of nitrogens with zero attached hydrogens (tertiary/aromatic N) is 1. The van der Waals surface area contributed by atoms with E-state index in [1.807, 2.05) is 50.2 Å². The first-order chi connectivity index (χ1) is 13.0. The van der Waals surface area contributed by atoms with Crippen LogP contribution < -0.4 is 5.32 Å². The maximum atomic E-state index is 13.0. The lowest BCUT2D eigenvalue weighted by atomic mass is 9.82. The molecule has 3 rings (SSSR count). The number of hydrogen-bond donors (Lipinski definition) is 2. The van der Waals surface area contributed by atoms with Crippen molar-refractivity contribution in [2.75, 3.05) is 13.1 Å². The van der Waals surface area contributed by atoms with Gasteiger partial charge >= 0.3 is 0 Å². The third-order valence-electron chi connectivity index (χ3n) is 5.57. The van der Waals surface area contributed by atoms with E-state index in [0.29, 0.717) is 5.56 Å². The first-order valence-electron chi connectivity index (χ1n) is 9.85. The van der Waals surface area contributed by atoms with Crippen LogP contribution in [0.5, 0.6) is 0 Å². The molecule has 1 aliphatic heterocycles. The quantitative estimate of drug-likeness (QED) is 0.825. The molecule has 4 heteroatoms. The Morgan fingerprint density at radius 1 is 1.07 bits per heavy atom. The van der Waals surface area contributed by atoms with Crippen LogP contribution in [0.3, 0.4) is 0 Å². The van der Waals surface area contributed by atoms with E-state index >= 15 is 0 Å². The fraction of sp³-hybridized carbons (Fsp3) is 0.435. The number of carbonyl (C=O) groups is 1. The molecule has 0 aliphatic carbocycles. The number of benzene rings is 2. The Kier molecular flexibility index (Phi) is 6.30. The first kappa shape index (κ1) is 19.6. The van der Waals surface area contributed by atoms with Crippen molar-refractivity contribution in [1.29, 1.82) is 0 Å². The fourth-order valence-corrected chi connectivity index (χ4v) is 3.79. The van der Waals surface area contributed by atoms with Gasteiger partial charge in [0, 0.05) is 25.7 Å². The second-order valence-electron chi connectivity index (χ2n) is 7.80. The Labute approximate surface area is 162 Å². The number of likely N-dealkylation sites (tertiary alicyclic amines) is 1. The SMILES string of the molecule is CC(C)C(O)(C(=O)NC1CCN(Cc2ccccc2)CC1)c1ccccc1. The van der Waals surface area contributed by atoms with Gasteiger partial charge in [-0.05, 0) is 29.9 Å². The van der Waals surface area contributed by atoms with Crippen LogP contribution >= 0.6 is 0 Å². The molecule has 27 heavy (non-hydrogen) atoms. The molecule has 1 aliphatic rings. The largest absolute Gasteiger partial charge is 0.375 e. The minimum absolute atomic E-state index is 0.110. The molecule has 2 aromatic rings. The highest BCUT2D eigenvalue weighted by Crippen LogP contribution is 2.30. The first-order valence-corrected chi connectivity index (χ1v) is 9.85. The van der Waals surface area contributed by atoms with E-state index in [2.05, 4.69) is 34.5 Å². The molecule has 144 valence electrons. The average Bonchev–Trinajstić information content (AvgIpc) is 2.70. The fourth-order valence-electron chi connectivity index (χ4n) is 3.79. The molecule has 1 heterocycles. The summed E-state index contributed by atoms with van der Waals surface area (Å²) in [5.41, 5.74) is 0.472. The van der Waals surface area contributed by atoms with E-state index in [9.17, 15) is 9.90 Å². The molecule has 0 aromatic heterocycles. The zero-order valence-electron chi connectivity index (χ0n) is 16.3. The highest BCUT2D eigenvalue weighted by Gasteiger charge is 2.42. The van der Waals surface area contributed by atoms with Gasteiger partial charge in [-0.25, -0.2) is 0 Å². The Balaban J connectivity index is 1.58. The minimum atomic E-state index is -1.50. The maximum Gasteiger partial charge on any atom is 0.257 e. The van der Waals surface area contributed by atoms with Crippen molar-refractivity contribution in [2.24, 2.45) is 5.92 Å². The summed E-state index contributed by atoms with van der Waals surface area (Å²) in [5, 5.41) is 14.3. The Bertz CT molecular complexity index is 725. The molecular weight excluding hydrogens is 336 g/mol. The van der Waals surface area contributed by atoms with Crippen LogP contribution in [0, 0.1) is 5.92 Å². The minimum Gasteiger partial charge on any atom is -0.375 e. The second kappa shape index (κ2) is 8.68. The molecule has 1 amide bonds. The molecule has 1 saturated heterocycles. The van der Waals surface area contributed by atoms with Crippen LogP contribution in [0.1, 0.15) is 37.8 Å². The van der Waals surface area contributed by atoms with E-state index in [1.165, 1.54) is 5.56 Å². The summed E-state index contributed by atoms with van der Waals surface area (Å²) < 4.78 is 0. The standard InChI is InChI=1S/C23H30N2O2/c1-18(2)23(27,20-11-7-4-8-12-20)22(26)24-21-13-15-25(16-14-21)17-19-9-5-3-6-10-19/h3-12,18,21,27H,13-17H2,1-2H3,(H,24,26). The topological polar surface area (TPSA) is 52.6 Å². The molecule has 0 spiro atoms. The summed E-state index contributed by atoms with van der Waals surface area (Å²) in [6, 6.07) is 19.8. The number of aliphatic hydroxyl groups is 1. The highest BCUT2D eigenvalue weighted by atomic mass is 16.3. The van der Waals surface area contributed by atoms with Gasteiger partial charge in [0.15, 0.2) is 5.60 Å². The van der Waals surface area contributed by atoms with Crippen molar-refractivity contribution in [3.05, 3.63) is 71.8 Å². The lowest BCUT2D eigenvalue weighted by Crippen LogP contribution is -2.53. The summed E-state index contributed by atoms with van der Waals surface area (Å²) in [5.74, 6) is -0.497. The van der Waals surface area contributed by atoms with Gasteiger partial charge < -0.3 is 10.4 Å². The van der Waals surface area contributed by atoms with E-state index < -0.39 is 5.60 Å². The molecule has 2 aromatic carbocycles. The third-order valence-corrected chi connectivity index (χ3v) is 5.57. The van der Waals surface area contributed by atoms with Gasteiger partial charge in [-0.1, -0.05) is 74.5 Å². The Hall–Kier alpha value is -2.17. The number of nitrogens with one attached hydrogen (secondary N) is 1. The molecular formula is C23H30N2O2. The zero-order chi connectivity index (χ0) is 19.3. The van der Waals surface area contributed by atoms with Gasteiger partial charge in [-0.3, -0.25) is 9.69 Å². The smallest absolute Gasteiger partial charge is 0.257 e. The van der Waals surface area contributed by atoms with Crippen LogP contribution in [0.2, 0.25) is 0 Å². The third kappa shape index (κ3) is 4.57. The maximum absolute atomic E-state index is 13.0. The van der Waals surface area contributed by atoms with Crippen molar-refractivity contribution in [1.82, 2.24) is 10.2 Å². The number of carbonyl (C=O) groups excluding carboxylic acids is 1. The average molecular weight is 367 g/mol. The molecule has 0 saturated carbocycles. The summed E-state index contributed by atoms with van der Waals surface area (Å²) in [6.07, 6.45) is 1.81. The van der Waals surface area contributed by atoms with E-state index in [1.54, 1.807) is 0 Å². The molecule has 4 nitrogen and oxygen atoms in total. The van der Waals surface area contributed by atoms with Gasteiger partial charge in [0.1, 0.15) is 0 Å². The van der Waals surface area contributed by atoms with Crippen molar-refractivity contribution in [3.63, 3.8) is 0 Å². The van der Waals surface area contributed by atoms with E-state index in [0.717, 1.165) is 32.5 Å².